The first-order valence-corrected chi connectivity index (χ1v) is 8.33. The van der Waals surface area contributed by atoms with E-state index in [2.05, 4.69) is 48.4 Å². The van der Waals surface area contributed by atoms with Crippen LogP contribution in [0.25, 0.3) is 5.65 Å². The summed E-state index contributed by atoms with van der Waals surface area (Å²) in [5.41, 5.74) is 3.58. The molecule has 3 rings (SSSR count). The Morgan fingerprint density at radius 2 is 1.83 bits per heavy atom. The Morgan fingerprint density at radius 3 is 2.54 bits per heavy atom. The average molecular weight is 321 g/mol. The van der Waals surface area contributed by atoms with Crippen molar-refractivity contribution < 1.29 is 0 Å². The lowest BCUT2D eigenvalue weighted by Gasteiger charge is -2.23. The maximum Gasteiger partial charge on any atom is 0.258 e. The minimum atomic E-state index is -0.0318. The summed E-state index contributed by atoms with van der Waals surface area (Å²) in [6.07, 6.45) is 0. The largest absolute Gasteiger partial charge is 0.304 e. The Bertz CT molecular complexity index is 884. The summed E-state index contributed by atoms with van der Waals surface area (Å²) in [5.74, 6) is 0.441. The molecule has 4 heteroatoms. The summed E-state index contributed by atoms with van der Waals surface area (Å²) in [7, 11) is 0. The van der Waals surface area contributed by atoms with Crippen LogP contribution in [-0.4, -0.2) is 9.38 Å². The average Bonchev–Trinajstić information content (AvgIpc) is 2.55. The highest BCUT2D eigenvalue weighted by molar-refractivity contribution is 5.40. The number of fused-ring (bicyclic) bond motifs is 1. The fraction of sp³-hybridized carbons (Fsp3) is 0.300. The van der Waals surface area contributed by atoms with Crippen LogP contribution < -0.4 is 10.9 Å². The summed E-state index contributed by atoms with van der Waals surface area (Å²) in [6, 6.07) is 17.9. The highest BCUT2D eigenvalue weighted by atomic mass is 16.1. The zero-order chi connectivity index (χ0) is 17.1. The second kappa shape index (κ2) is 6.97. The third-order valence-corrected chi connectivity index (χ3v) is 4.26. The smallest absolute Gasteiger partial charge is 0.258 e. The van der Waals surface area contributed by atoms with E-state index in [9.17, 15) is 4.79 Å². The number of rotatable bonds is 5. The maximum atomic E-state index is 12.4. The van der Waals surface area contributed by atoms with Gasteiger partial charge in [-0.05, 0) is 30.5 Å². The minimum absolute atomic E-state index is 0.0318. The fourth-order valence-electron chi connectivity index (χ4n) is 3.07. The topological polar surface area (TPSA) is 46.4 Å². The molecule has 4 nitrogen and oxygen atoms in total. The maximum absolute atomic E-state index is 12.4. The zero-order valence-corrected chi connectivity index (χ0v) is 14.4. The summed E-state index contributed by atoms with van der Waals surface area (Å²) in [4.78, 5) is 17.0. The lowest BCUT2D eigenvalue weighted by molar-refractivity contribution is 0.408. The van der Waals surface area contributed by atoms with Gasteiger partial charge in [-0.15, -0.1) is 0 Å². The Kier molecular flexibility index (Phi) is 4.76. The van der Waals surface area contributed by atoms with Crippen molar-refractivity contribution in [3.05, 3.63) is 81.9 Å². The quantitative estimate of drug-likeness (QED) is 0.782. The number of hydrogen-bond donors (Lipinski definition) is 1. The third kappa shape index (κ3) is 3.39. The Hall–Kier alpha value is -2.46. The van der Waals surface area contributed by atoms with E-state index >= 15 is 0 Å². The van der Waals surface area contributed by atoms with Crippen LogP contribution in [-0.2, 0) is 6.54 Å². The van der Waals surface area contributed by atoms with Crippen LogP contribution in [0, 0.1) is 12.8 Å². The van der Waals surface area contributed by atoms with Gasteiger partial charge in [-0.25, -0.2) is 4.98 Å². The van der Waals surface area contributed by atoms with Gasteiger partial charge in [0, 0.05) is 24.3 Å². The van der Waals surface area contributed by atoms with E-state index in [-0.39, 0.29) is 11.6 Å². The van der Waals surface area contributed by atoms with Crippen LogP contribution in [0.2, 0.25) is 0 Å². The van der Waals surface area contributed by atoms with Crippen molar-refractivity contribution in [2.24, 2.45) is 5.92 Å². The predicted molar refractivity (Wildman–Crippen MR) is 97.1 cm³/mol. The molecule has 0 aliphatic rings. The highest BCUT2D eigenvalue weighted by Crippen LogP contribution is 2.21. The third-order valence-electron chi connectivity index (χ3n) is 4.26. The van der Waals surface area contributed by atoms with E-state index in [4.69, 9.17) is 0 Å². The van der Waals surface area contributed by atoms with Gasteiger partial charge in [0.25, 0.3) is 5.56 Å². The van der Waals surface area contributed by atoms with Gasteiger partial charge in [-0.1, -0.05) is 50.2 Å². The molecular weight excluding hydrogens is 298 g/mol. The SMILES string of the molecule is Cc1cccc2nc(CN[C@H](c3ccccc3)C(C)C)cc(=O)n12. The second-order valence-corrected chi connectivity index (χ2v) is 6.46. The molecule has 0 bridgehead atoms. The number of aromatic nitrogens is 2. The van der Waals surface area contributed by atoms with Crippen LogP contribution >= 0.6 is 0 Å². The number of benzene rings is 1. The molecule has 124 valence electrons. The van der Waals surface area contributed by atoms with Crippen molar-refractivity contribution >= 4 is 5.65 Å². The van der Waals surface area contributed by atoms with E-state index in [1.54, 1.807) is 10.5 Å². The van der Waals surface area contributed by atoms with Crippen LogP contribution in [0.5, 0.6) is 0 Å². The molecule has 0 saturated carbocycles. The summed E-state index contributed by atoms with van der Waals surface area (Å²) in [6.45, 7) is 6.86. The lowest BCUT2D eigenvalue weighted by atomic mass is 9.96. The molecule has 3 aromatic rings. The van der Waals surface area contributed by atoms with Gasteiger partial charge in [0.2, 0.25) is 0 Å². The second-order valence-electron chi connectivity index (χ2n) is 6.46. The van der Waals surface area contributed by atoms with E-state index in [1.165, 1.54) is 5.56 Å². The van der Waals surface area contributed by atoms with Crippen LogP contribution in [0.15, 0.2) is 59.4 Å². The fourth-order valence-corrected chi connectivity index (χ4v) is 3.07. The molecule has 0 saturated heterocycles. The summed E-state index contributed by atoms with van der Waals surface area (Å²) in [5, 5.41) is 3.55. The monoisotopic (exact) mass is 321 g/mol. The predicted octanol–water partition coefficient (Wildman–Crippen LogP) is 3.49. The van der Waals surface area contributed by atoms with E-state index in [1.807, 2.05) is 31.2 Å². The highest BCUT2D eigenvalue weighted by Gasteiger charge is 2.15. The molecule has 0 fully saturated rings. The molecule has 0 radical (unpaired) electrons. The molecule has 0 unspecified atom stereocenters. The number of hydrogen-bond acceptors (Lipinski definition) is 3. The normalized spacial score (nSPS) is 12.7. The van der Waals surface area contributed by atoms with E-state index in [0.717, 1.165) is 11.4 Å². The molecule has 2 aromatic heterocycles. The van der Waals surface area contributed by atoms with Crippen molar-refractivity contribution in [1.29, 1.82) is 0 Å². The van der Waals surface area contributed by atoms with Crippen molar-refractivity contribution in [2.75, 3.05) is 0 Å². The number of aryl methyl sites for hydroxylation is 1. The lowest BCUT2D eigenvalue weighted by Crippen LogP contribution is -2.27. The van der Waals surface area contributed by atoms with Gasteiger partial charge in [0.05, 0.1) is 5.69 Å². The molecule has 1 N–H and O–H groups in total. The van der Waals surface area contributed by atoms with Gasteiger partial charge < -0.3 is 5.32 Å². The van der Waals surface area contributed by atoms with E-state index < -0.39 is 0 Å². The molecule has 1 aromatic carbocycles. The van der Waals surface area contributed by atoms with Crippen LogP contribution in [0.1, 0.15) is 36.8 Å². The van der Waals surface area contributed by atoms with Gasteiger partial charge >= 0.3 is 0 Å². The van der Waals surface area contributed by atoms with Crippen LogP contribution in [0.3, 0.4) is 0 Å². The van der Waals surface area contributed by atoms with Gasteiger partial charge in [-0.3, -0.25) is 9.20 Å². The van der Waals surface area contributed by atoms with Gasteiger partial charge in [-0.2, -0.15) is 0 Å². The van der Waals surface area contributed by atoms with Gasteiger partial charge in [0.1, 0.15) is 5.65 Å². The van der Waals surface area contributed by atoms with Crippen molar-refractivity contribution in [3.8, 4) is 0 Å². The molecule has 0 spiro atoms. The zero-order valence-electron chi connectivity index (χ0n) is 14.4. The minimum Gasteiger partial charge on any atom is -0.304 e. The molecule has 0 amide bonds. The first-order valence-electron chi connectivity index (χ1n) is 8.33. The number of pyridine rings is 1. The van der Waals surface area contributed by atoms with Crippen LogP contribution in [0.4, 0.5) is 0 Å². The molecule has 24 heavy (non-hydrogen) atoms. The molecule has 0 aliphatic heterocycles. The van der Waals surface area contributed by atoms with Gasteiger partial charge in [0.15, 0.2) is 0 Å². The summed E-state index contributed by atoms with van der Waals surface area (Å²) >= 11 is 0. The molecule has 0 aliphatic carbocycles. The standard InChI is InChI=1S/C20H23N3O/c1-14(2)20(16-9-5-4-6-10-16)21-13-17-12-19(24)23-15(3)8-7-11-18(23)22-17/h4-12,14,20-21H,13H2,1-3H3/t20-/m0/s1. The molecule has 2 heterocycles. The Balaban J connectivity index is 1.86. The Morgan fingerprint density at radius 1 is 1.08 bits per heavy atom. The number of nitrogens with one attached hydrogen (secondary N) is 1. The first-order chi connectivity index (χ1) is 11.6. The number of nitrogens with zero attached hydrogens (tertiary/aromatic N) is 2. The van der Waals surface area contributed by atoms with Crippen molar-refractivity contribution in [1.82, 2.24) is 14.7 Å². The van der Waals surface area contributed by atoms with E-state index in [0.29, 0.717) is 18.1 Å². The van der Waals surface area contributed by atoms with Crippen molar-refractivity contribution in [3.63, 3.8) is 0 Å². The molecular formula is C20H23N3O. The summed E-state index contributed by atoms with van der Waals surface area (Å²) < 4.78 is 1.64. The van der Waals surface area contributed by atoms with Crippen molar-refractivity contribution in [2.45, 2.75) is 33.4 Å². The Labute approximate surface area is 142 Å². The first kappa shape index (κ1) is 16.4. The molecule has 1 atom stereocenters.